The second-order valence-electron chi connectivity index (χ2n) is 6.13. The fourth-order valence-corrected chi connectivity index (χ4v) is 2.86. The van der Waals surface area contributed by atoms with E-state index in [9.17, 15) is 9.90 Å². The average molecular weight is 290 g/mol. The van der Waals surface area contributed by atoms with Gasteiger partial charge >= 0.3 is 0 Å². The molecule has 1 atom stereocenters. The van der Waals surface area contributed by atoms with E-state index in [-0.39, 0.29) is 17.7 Å². The molecule has 1 aromatic rings. The third-order valence-corrected chi connectivity index (χ3v) is 4.04. The van der Waals surface area contributed by atoms with E-state index < -0.39 is 0 Å². The predicted octanol–water partition coefficient (Wildman–Crippen LogP) is 2.31. The standard InChI is InChI=1S/C17H26N2O2/c1-13(2)19(12-15-7-3-4-9-18-15)17(21)11-14-6-5-8-16(20)10-14/h5-6,8,10,13,15,18,20H,3-4,7,9,11-12H2,1-2H3. The van der Waals surface area contributed by atoms with E-state index >= 15 is 0 Å². The van der Waals surface area contributed by atoms with Crippen molar-refractivity contribution in [3.8, 4) is 5.75 Å². The average Bonchev–Trinajstić information content (AvgIpc) is 2.45. The summed E-state index contributed by atoms with van der Waals surface area (Å²) in [6, 6.07) is 7.55. The van der Waals surface area contributed by atoms with Gasteiger partial charge in [-0.3, -0.25) is 4.79 Å². The zero-order valence-corrected chi connectivity index (χ0v) is 13.0. The molecule has 1 saturated heterocycles. The molecule has 0 aromatic heterocycles. The lowest BCUT2D eigenvalue weighted by molar-refractivity contribution is -0.132. The number of hydrogen-bond acceptors (Lipinski definition) is 3. The van der Waals surface area contributed by atoms with Crippen molar-refractivity contribution in [2.75, 3.05) is 13.1 Å². The summed E-state index contributed by atoms with van der Waals surface area (Å²) in [6.07, 6.45) is 3.96. The lowest BCUT2D eigenvalue weighted by Crippen LogP contribution is -2.48. The molecular weight excluding hydrogens is 264 g/mol. The molecule has 1 aliphatic heterocycles. The molecule has 1 unspecified atom stereocenters. The van der Waals surface area contributed by atoms with Gasteiger partial charge in [0.25, 0.3) is 0 Å². The summed E-state index contributed by atoms with van der Waals surface area (Å²) in [5.41, 5.74) is 0.863. The lowest BCUT2D eigenvalue weighted by Gasteiger charge is -2.33. The molecule has 0 aliphatic carbocycles. The zero-order chi connectivity index (χ0) is 15.2. The molecule has 116 valence electrons. The van der Waals surface area contributed by atoms with E-state index in [4.69, 9.17) is 0 Å². The quantitative estimate of drug-likeness (QED) is 0.875. The van der Waals surface area contributed by atoms with Gasteiger partial charge in [0.05, 0.1) is 6.42 Å². The van der Waals surface area contributed by atoms with Crippen molar-refractivity contribution in [1.29, 1.82) is 0 Å². The minimum Gasteiger partial charge on any atom is -0.508 e. The van der Waals surface area contributed by atoms with E-state index in [0.717, 1.165) is 25.1 Å². The Hall–Kier alpha value is -1.55. The van der Waals surface area contributed by atoms with Crippen LogP contribution in [-0.2, 0) is 11.2 Å². The van der Waals surface area contributed by atoms with E-state index in [2.05, 4.69) is 19.2 Å². The molecule has 0 saturated carbocycles. The number of amides is 1. The molecule has 0 spiro atoms. The summed E-state index contributed by atoms with van der Waals surface area (Å²) < 4.78 is 0. The van der Waals surface area contributed by atoms with Crippen LogP contribution in [0.25, 0.3) is 0 Å². The summed E-state index contributed by atoms with van der Waals surface area (Å²) in [6.45, 7) is 5.94. The maximum Gasteiger partial charge on any atom is 0.227 e. The van der Waals surface area contributed by atoms with Gasteiger partial charge < -0.3 is 15.3 Å². The Morgan fingerprint density at radius 1 is 1.43 bits per heavy atom. The maximum absolute atomic E-state index is 12.6. The molecule has 4 nitrogen and oxygen atoms in total. The molecule has 0 bridgehead atoms. The Balaban J connectivity index is 1.98. The fraction of sp³-hybridized carbons (Fsp3) is 0.588. The maximum atomic E-state index is 12.6. The van der Waals surface area contributed by atoms with Gasteiger partial charge in [-0.2, -0.15) is 0 Å². The van der Waals surface area contributed by atoms with Crippen molar-refractivity contribution in [2.45, 2.75) is 51.6 Å². The molecular formula is C17H26N2O2. The molecule has 1 fully saturated rings. The molecule has 0 radical (unpaired) electrons. The highest BCUT2D eigenvalue weighted by Gasteiger charge is 2.22. The number of phenolic OH excluding ortho intramolecular Hbond substituents is 1. The number of carbonyl (C=O) groups excluding carboxylic acids is 1. The number of phenols is 1. The molecule has 1 aromatic carbocycles. The molecule has 2 N–H and O–H groups in total. The van der Waals surface area contributed by atoms with Gasteiger partial charge in [-0.15, -0.1) is 0 Å². The first-order chi connectivity index (χ1) is 10.1. The van der Waals surface area contributed by atoms with Gasteiger partial charge in [-0.1, -0.05) is 18.6 Å². The van der Waals surface area contributed by atoms with E-state index in [1.807, 2.05) is 11.0 Å². The Morgan fingerprint density at radius 3 is 2.86 bits per heavy atom. The van der Waals surface area contributed by atoms with Crippen LogP contribution in [0.1, 0.15) is 38.7 Å². The number of nitrogens with zero attached hydrogens (tertiary/aromatic N) is 1. The Kier molecular flexibility index (Phi) is 5.62. The van der Waals surface area contributed by atoms with Crippen LogP contribution in [0, 0.1) is 0 Å². The topological polar surface area (TPSA) is 52.6 Å². The molecule has 21 heavy (non-hydrogen) atoms. The molecule has 1 heterocycles. The van der Waals surface area contributed by atoms with Crippen LogP contribution in [0.3, 0.4) is 0 Å². The Bertz CT molecular complexity index is 468. The van der Waals surface area contributed by atoms with Crippen LogP contribution in [0.5, 0.6) is 5.75 Å². The first kappa shape index (κ1) is 15.8. The van der Waals surface area contributed by atoms with Gasteiger partial charge in [-0.05, 0) is 50.9 Å². The molecule has 1 aliphatic rings. The SMILES string of the molecule is CC(C)N(CC1CCCCN1)C(=O)Cc1cccc(O)c1. The normalized spacial score (nSPS) is 18.7. The van der Waals surface area contributed by atoms with Gasteiger partial charge in [0.1, 0.15) is 5.75 Å². The first-order valence-corrected chi connectivity index (χ1v) is 7.87. The molecule has 2 rings (SSSR count). The van der Waals surface area contributed by atoms with Crippen molar-refractivity contribution in [3.05, 3.63) is 29.8 Å². The highest BCUT2D eigenvalue weighted by Crippen LogP contribution is 2.15. The molecule has 1 amide bonds. The van der Waals surface area contributed by atoms with Crippen molar-refractivity contribution in [2.24, 2.45) is 0 Å². The monoisotopic (exact) mass is 290 g/mol. The van der Waals surface area contributed by atoms with Crippen LogP contribution in [0.2, 0.25) is 0 Å². The number of hydrogen-bond donors (Lipinski definition) is 2. The van der Waals surface area contributed by atoms with Crippen LogP contribution < -0.4 is 5.32 Å². The summed E-state index contributed by atoms with van der Waals surface area (Å²) in [7, 11) is 0. The second kappa shape index (κ2) is 7.46. The van der Waals surface area contributed by atoms with E-state index in [1.165, 1.54) is 12.8 Å². The van der Waals surface area contributed by atoms with Crippen molar-refractivity contribution in [1.82, 2.24) is 10.2 Å². The highest BCUT2D eigenvalue weighted by atomic mass is 16.3. The minimum absolute atomic E-state index is 0.128. The van der Waals surface area contributed by atoms with Crippen LogP contribution in [-0.4, -0.2) is 41.1 Å². The first-order valence-electron chi connectivity index (χ1n) is 7.87. The second-order valence-corrected chi connectivity index (χ2v) is 6.13. The van der Waals surface area contributed by atoms with Gasteiger partial charge in [0.2, 0.25) is 5.91 Å². The minimum atomic E-state index is 0.128. The number of nitrogens with one attached hydrogen (secondary N) is 1. The van der Waals surface area contributed by atoms with Crippen molar-refractivity contribution >= 4 is 5.91 Å². The van der Waals surface area contributed by atoms with Gasteiger partial charge in [0.15, 0.2) is 0 Å². The number of benzene rings is 1. The Labute approximate surface area is 127 Å². The summed E-state index contributed by atoms with van der Waals surface area (Å²) in [5, 5.41) is 13.0. The predicted molar refractivity (Wildman–Crippen MR) is 84.3 cm³/mol. The van der Waals surface area contributed by atoms with Crippen LogP contribution in [0.15, 0.2) is 24.3 Å². The lowest BCUT2D eigenvalue weighted by atomic mass is 10.0. The summed E-state index contributed by atoms with van der Waals surface area (Å²) >= 11 is 0. The zero-order valence-electron chi connectivity index (χ0n) is 13.0. The van der Waals surface area contributed by atoms with E-state index in [1.54, 1.807) is 18.2 Å². The number of aromatic hydroxyl groups is 1. The largest absolute Gasteiger partial charge is 0.508 e. The smallest absolute Gasteiger partial charge is 0.227 e. The third-order valence-electron chi connectivity index (χ3n) is 4.04. The van der Waals surface area contributed by atoms with Gasteiger partial charge in [-0.25, -0.2) is 0 Å². The third kappa shape index (κ3) is 4.74. The highest BCUT2D eigenvalue weighted by molar-refractivity contribution is 5.79. The molecule has 4 heteroatoms. The number of rotatable bonds is 5. The van der Waals surface area contributed by atoms with E-state index in [0.29, 0.717) is 12.5 Å². The number of carbonyl (C=O) groups is 1. The van der Waals surface area contributed by atoms with Crippen LogP contribution >= 0.6 is 0 Å². The van der Waals surface area contributed by atoms with Crippen LogP contribution in [0.4, 0.5) is 0 Å². The van der Waals surface area contributed by atoms with Crippen molar-refractivity contribution < 1.29 is 9.90 Å². The fourth-order valence-electron chi connectivity index (χ4n) is 2.86. The van der Waals surface area contributed by atoms with Gasteiger partial charge in [0, 0.05) is 18.6 Å². The number of piperidine rings is 1. The van der Waals surface area contributed by atoms with Crippen molar-refractivity contribution in [3.63, 3.8) is 0 Å². The summed E-state index contributed by atoms with van der Waals surface area (Å²) in [4.78, 5) is 14.5. The Morgan fingerprint density at radius 2 is 2.24 bits per heavy atom. The summed E-state index contributed by atoms with van der Waals surface area (Å²) in [5.74, 6) is 0.341.